The van der Waals surface area contributed by atoms with E-state index in [1.807, 2.05) is 37.3 Å². The van der Waals surface area contributed by atoms with Crippen LogP contribution < -0.4 is 5.32 Å². The van der Waals surface area contributed by atoms with Crippen molar-refractivity contribution < 1.29 is 10.9 Å². The first kappa shape index (κ1) is 15.4. The Labute approximate surface area is 137 Å². The molecule has 2 aromatic rings. The molecule has 120 valence electrons. The lowest BCUT2D eigenvalue weighted by Crippen LogP contribution is -2.40. The van der Waals surface area contributed by atoms with Gasteiger partial charge in [0.15, 0.2) is 0 Å². The average molecular weight is 312 g/mol. The molecule has 0 aromatic heterocycles. The van der Waals surface area contributed by atoms with Crippen molar-refractivity contribution in [1.82, 2.24) is 5.32 Å². The highest BCUT2D eigenvalue weighted by atomic mass is 16.5. The summed E-state index contributed by atoms with van der Waals surface area (Å²) in [6.45, 7) is 1.89. The molecule has 0 aliphatic carbocycles. The Morgan fingerprint density at radius 2 is 1.70 bits per heavy atom. The van der Waals surface area contributed by atoms with E-state index >= 15 is 0 Å². The molecule has 0 aliphatic heterocycles. The number of nitrogens with zero attached hydrogens (tertiary/aromatic N) is 2. The molecular formula is C18H21N3O2. The van der Waals surface area contributed by atoms with Gasteiger partial charge < -0.3 is 10.1 Å². The fourth-order valence-corrected chi connectivity index (χ4v) is 1.82. The summed E-state index contributed by atoms with van der Waals surface area (Å²) < 4.78 is 12.7. The zero-order valence-corrected chi connectivity index (χ0v) is 13.3. The predicted octanol–water partition coefficient (Wildman–Crippen LogP) is 4.26. The van der Waals surface area contributed by atoms with E-state index in [-0.39, 0.29) is 25.0 Å². The van der Waals surface area contributed by atoms with Crippen LogP contribution in [0.4, 0.5) is 11.4 Å². The van der Waals surface area contributed by atoms with Crippen LogP contribution in [0.25, 0.3) is 0 Å². The van der Waals surface area contributed by atoms with Crippen LogP contribution in [0.15, 0.2) is 64.8 Å². The summed E-state index contributed by atoms with van der Waals surface area (Å²) in [7, 11) is 1.56. The van der Waals surface area contributed by atoms with E-state index in [0.717, 1.165) is 5.69 Å². The molecule has 0 fully saturated rings. The van der Waals surface area contributed by atoms with Crippen LogP contribution in [0.3, 0.4) is 0 Å². The third-order valence-corrected chi connectivity index (χ3v) is 3.42. The molecule has 0 spiro atoms. The maximum absolute atomic E-state index is 12.2. The van der Waals surface area contributed by atoms with Crippen LogP contribution in [0, 0.1) is 0 Å². The number of carbonyl (C=O) groups is 1. The molecule has 1 amide bonds. The van der Waals surface area contributed by atoms with Gasteiger partial charge in [0.25, 0.3) is 5.91 Å². The highest BCUT2D eigenvalue weighted by Gasteiger charge is 2.15. The van der Waals surface area contributed by atoms with Crippen molar-refractivity contribution in [3.8, 4) is 0 Å². The van der Waals surface area contributed by atoms with Gasteiger partial charge in [-0.05, 0) is 50.2 Å². The molecule has 0 saturated heterocycles. The largest absolute Gasteiger partial charge is 0.380 e. The van der Waals surface area contributed by atoms with Crippen molar-refractivity contribution in [1.29, 1.82) is 0 Å². The highest BCUT2D eigenvalue weighted by Crippen LogP contribution is 2.18. The number of azo groups is 1. The van der Waals surface area contributed by atoms with Crippen molar-refractivity contribution in [2.24, 2.45) is 10.2 Å². The summed E-state index contributed by atoms with van der Waals surface area (Å²) in [5, 5.41) is 11.1. The van der Waals surface area contributed by atoms with E-state index in [1.54, 1.807) is 31.4 Å². The molecule has 23 heavy (non-hydrogen) atoms. The first-order valence-electron chi connectivity index (χ1n) is 8.04. The Kier molecular flexibility index (Phi) is 5.48. The van der Waals surface area contributed by atoms with Crippen LogP contribution in [0.2, 0.25) is 0 Å². The summed E-state index contributed by atoms with van der Waals surface area (Å²) in [4.78, 5) is 12.2. The number of rotatable bonds is 6. The van der Waals surface area contributed by atoms with Gasteiger partial charge in [-0.3, -0.25) is 4.79 Å². The minimum Gasteiger partial charge on any atom is -0.380 e. The first-order chi connectivity index (χ1) is 11.6. The quantitative estimate of drug-likeness (QED) is 0.810. The maximum Gasteiger partial charge on any atom is 0.251 e. The molecule has 5 nitrogen and oxygen atoms in total. The Bertz CT molecular complexity index is 674. The van der Waals surface area contributed by atoms with Gasteiger partial charge in [0.2, 0.25) is 0 Å². The van der Waals surface area contributed by atoms with E-state index in [9.17, 15) is 4.79 Å². The normalized spacial score (nSPS) is 14.3. The molecule has 0 aliphatic rings. The minimum absolute atomic E-state index is 0.0596. The molecular weight excluding hydrogens is 290 g/mol. The number of benzene rings is 2. The fourth-order valence-electron chi connectivity index (χ4n) is 1.82. The third-order valence-electron chi connectivity index (χ3n) is 3.42. The summed E-state index contributed by atoms with van der Waals surface area (Å²) >= 11 is 0. The van der Waals surface area contributed by atoms with Gasteiger partial charge in [0.1, 0.15) is 0 Å². The number of hydrogen-bond donors (Lipinski definition) is 1. The lowest BCUT2D eigenvalue weighted by atomic mass is 10.1. The van der Waals surface area contributed by atoms with Crippen molar-refractivity contribution in [2.45, 2.75) is 26.0 Å². The van der Waals surface area contributed by atoms with Gasteiger partial charge in [0.05, 0.1) is 23.5 Å². The smallest absolute Gasteiger partial charge is 0.251 e. The van der Waals surface area contributed by atoms with Crippen LogP contribution in [0.1, 0.15) is 25.6 Å². The molecule has 2 aromatic carbocycles. The summed E-state index contributed by atoms with van der Waals surface area (Å²) in [5.41, 5.74) is 1.94. The van der Waals surface area contributed by atoms with Gasteiger partial charge in [-0.1, -0.05) is 18.2 Å². The van der Waals surface area contributed by atoms with E-state index in [2.05, 4.69) is 15.5 Å². The van der Waals surface area contributed by atoms with Crippen molar-refractivity contribution >= 4 is 17.3 Å². The number of methoxy groups -OCH3 is 1. The molecule has 0 bridgehead atoms. The topological polar surface area (TPSA) is 63.0 Å². The molecule has 2 atom stereocenters. The van der Waals surface area contributed by atoms with E-state index < -0.39 is 0 Å². The Balaban J connectivity index is 2.01. The zero-order valence-electron chi connectivity index (χ0n) is 14.3. The van der Waals surface area contributed by atoms with Gasteiger partial charge in [-0.15, -0.1) is 0 Å². The zero-order chi connectivity index (χ0) is 17.4. The van der Waals surface area contributed by atoms with E-state index in [1.165, 1.54) is 0 Å². The lowest BCUT2D eigenvalue weighted by Gasteiger charge is -2.19. The van der Waals surface area contributed by atoms with Crippen molar-refractivity contribution in [2.75, 3.05) is 7.11 Å². The van der Waals surface area contributed by atoms with Crippen LogP contribution >= 0.6 is 0 Å². The summed E-state index contributed by atoms with van der Waals surface area (Å²) in [6.07, 6.45) is -0.217. The number of amides is 1. The third kappa shape index (κ3) is 5.00. The van der Waals surface area contributed by atoms with Gasteiger partial charge >= 0.3 is 0 Å². The Morgan fingerprint density at radius 3 is 2.26 bits per heavy atom. The van der Waals surface area contributed by atoms with Crippen LogP contribution in [0.5, 0.6) is 0 Å². The maximum atomic E-state index is 12.2. The summed E-state index contributed by atoms with van der Waals surface area (Å²) in [5.74, 6) is -0.234. The van der Waals surface area contributed by atoms with Crippen LogP contribution in [-0.2, 0) is 4.74 Å². The number of hydrogen-bond acceptors (Lipinski definition) is 4. The number of ether oxygens (including phenoxy) is 1. The Hall–Kier alpha value is -2.53. The Morgan fingerprint density at radius 1 is 1.09 bits per heavy atom. The number of carbonyl (C=O) groups excluding carboxylic acids is 1. The standard InChI is InChI=1S/C18H21N3O2/c1-13(14(2)23-3)19-18(22)15-9-11-17(12-10-15)21-20-16-7-5-4-6-8-16/h4-14H,1-3H3,(H,19,22)/t13-,14-/m0/s1/i1D. The second-order valence-electron chi connectivity index (χ2n) is 5.10. The van der Waals surface area contributed by atoms with Crippen LogP contribution in [-0.4, -0.2) is 25.2 Å². The number of nitrogens with one attached hydrogen (secondary N) is 1. The average Bonchev–Trinajstić information content (AvgIpc) is 2.64. The molecule has 0 saturated carbocycles. The molecule has 2 rings (SSSR count). The van der Waals surface area contributed by atoms with E-state index in [0.29, 0.717) is 11.3 Å². The summed E-state index contributed by atoms with van der Waals surface area (Å²) in [6, 6.07) is 15.9. The molecule has 5 heteroatoms. The van der Waals surface area contributed by atoms with Crippen molar-refractivity contribution in [3.63, 3.8) is 0 Å². The highest BCUT2D eigenvalue weighted by molar-refractivity contribution is 5.94. The first-order valence-corrected chi connectivity index (χ1v) is 7.33. The van der Waals surface area contributed by atoms with E-state index in [4.69, 9.17) is 6.11 Å². The van der Waals surface area contributed by atoms with Gasteiger partial charge in [-0.2, -0.15) is 10.2 Å². The molecule has 0 heterocycles. The van der Waals surface area contributed by atoms with Crippen molar-refractivity contribution in [3.05, 3.63) is 60.2 Å². The second-order valence-corrected chi connectivity index (χ2v) is 5.10. The lowest BCUT2D eigenvalue weighted by molar-refractivity contribution is 0.0735. The minimum atomic E-state index is -0.347. The SMILES string of the molecule is [2H]C[C@H](NC(=O)c1ccc(N=Nc2ccccc2)cc1)[C@H](C)OC. The molecule has 0 unspecified atom stereocenters. The molecule has 0 radical (unpaired) electrons. The predicted molar refractivity (Wildman–Crippen MR) is 90.5 cm³/mol. The van der Waals surface area contributed by atoms with Gasteiger partial charge in [0, 0.05) is 14.0 Å². The fraction of sp³-hybridized carbons (Fsp3) is 0.278. The monoisotopic (exact) mass is 312 g/mol. The van der Waals surface area contributed by atoms with Gasteiger partial charge in [-0.25, -0.2) is 0 Å². The molecule has 1 N–H and O–H groups in total. The second kappa shape index (κ2) is 8.19.